The Hall–Kier alpha value is -1.87. The molecule has 0 saturated carbocycles. The first-order valence-electron chi connectivity index (χ1n) is 7.23. The van der Waals surface area contributed by atoms with E-state index in [9.17, 15) is 5.11 Å². The van der Waals surface area contributed by atoms with Crippen LogP contribution in [-0.4, -0.2) is 36.4 Å². The van der Waals surface area contributed by atoms with Crippen LogP contribution in [0, 0.1) is 0 Å². The number of nitrogen functional groups attached to an aromatic ring is 1. The van der Waals surface area contributed by atoms with E-state index in [4.69, 9.17) is 19.4 Å². The van der Waals surface area contributed by atoms with E-state index in [1.165, 1.54) is 19.2 Å². The van der Waals surface area contributed by atoms with Crippen LogP contribution in [0.25, 0.3) is 0 Å². The molecule has 1 atom stereocenters. The van der Waals surface area contributed by atoms with Gasteiger partial charge in [0.1, 0.15) is 5.25 Å². The number of aliphatic hydroxyl groups is 1. The van der Waals surface area contributed by atoms with Gasteiger partial charge in [0.2, 0.25) is 5.88 Å². The lowest BCUT2D eigenvalue weighted by Gasteiger charge is -2.19. The van der Waals surface area contributed by atoms with Crippen molar-refractivity contribution in [3.63, 3.8) is 0 Å². The summed E-state index contributed by atoms with van der Waals surface area (Å²) in [5.74, 6) is 0.823. The van der Waals surface area contributed by atoms with Gasteiger partial charge in [-0.15, -0.1) is 0 Å². The van der Waals surface area contributed by atoms with E-state index < -0.39 is 0 Å². The Morgan fingerprint density at radius 1 is 1.25 bits per heavy atom. The molecule has 0 fully saturated rings. The van der Waals surface area contributed by atoms with Gasteiger partial charge in [-0.25, -0.2) is 4.98 Å². The van der Waals surface area contributed by atoms with Crippen molar-refractivity contribution in [1.29, 1.82) is 0 Å². The number of hydrogen-bond acceptors (Lipinski definition) is 8. The Bertz CT molecular complexity index is 662. The van der Waals surface area contributed by atoms with Crippen LogP contribution in [0.5, 0.6) is 5.88 Å². The minimum atomic E-state index is -0.368. The van der Waals surface area contributed by atoms with Crippen LogP contribution in [0.4, 0.5) is 5.69 Å². The van der Waals surface area contributed by atoms with Crippen molar-refractivity contribution in [3.05, 3.63) is 46.9 Å². The van der Waals surface area contributed by atoms with Gasteiger partial charge in [-0.3, -0.25) is 0 Å². The number of methoxy groups -OCH3 is 2. The first-order valence-corrected chi connectivity index (χ1v) is 8.03. The number of rotatable bonds is 8. The molecule has 0 amide bonds. The second-order valence-corrected chi connectivity index (χ2v) is 5.91. The number of ether oxygens (including phenoxy) is 2. The smallest absolute Gasteiger partial charge is 0.216 e. The molecule has 0 aliphatic carbocycles. The summed E-state index contributed by atoms with van der Waals surface area (Å²) >= 11 is 1.18. The second kappa shape index (κ2) is 8.84. The molecule has 2 rings (SSSR count). The molecule has 1 unspecified atom stereocenters. The summed E-state index contributed by atoms with van der Waals surface area (Å²) in [6.07, 6.45) is 0. The predicted octanol–water partition coefficient (Wildman–Crippen LogP) is 2.09. The molecule has 8 heteroatoms. The third-order valence-corrected chi connectivity index (χ3v) is 4.23. The van der Waals surface area contributed by atoms with Crippen molar-refractivity contribution in [3.8, 4) is 5.88 Å². The molecule has 1 aromatic carbocycles. The van der Waals surface area contributed by atoms with Gasteiger partial charge in [0, 0.05) is 36.5 Å². The fraction of sp³-hybridized carbons (Fsp3) is 0.375. The normalized spacial score (nSPS) is 12.2. The van der Waals surface area contributed by atoms with Crippen molar-refractivity contribution in [1.82, 2.24) is 9.97 Å². The number of benzene rings is 1. The van der Waals surface area contributed by atoms with Gasteiger partial charge in [0.25, 0.3) is 0 Å². The predicted molar refractivity (Wildman–Crippen MR) is 92.5 cm³/mol. The number of nitrogens with zero attached hydrogens (tertiary/aromatic N) is 2. The maximum atomic E-state index is 9.41. The fourth-order valence-corrected chi connectivity index (χ4v) is 2.96. The van der Waals surface area contributed by atoms with Gasteiger partial charge in [-0.05, 0) is 5.56 Å². The van der Waals surface area contributed by atoms with E-state index in [1.54, 1.807) is 20.3 Å². The Balaban J connectivity index is 2.52. The number of hydrogen-bond donors (Lipinski definition) is 2. The molecule has 1 aromatic heterocycles. The number of nitrogens with two attached hydrogens (primary N) is 1. The third kappa shape index (κ3) is 4.15. The molecule has 2 aromatic rings. The van der Waals surface area contributed by atoms with Crippen LogP contribution in [0.1, 0.15) is 27.9 Å². The number of anilines is 1. The van der Waals surface area contributed by atoms with E-state index in [0.29, 0.717) is 29.7 Å². The van der Waals surface area contributed by atoms with Gasteiger partial charge in [0.05, 0.1) is 33.1 Å². The molecule has 0 aliphatic heterocycles. The summed E-state index contributed by atoms with van der Waals surface area (Å²) < 4.78 is 15.6. The lowest BCUT2D eigenvalue weighted by Crippen LogP contribution is -2.10. The lowest BCUT2D eigenvalue weighted by molar-refractivity contribution is 0.185. The molecule has 24 heavy (non-hydrogen) atoms. The zero-order chi connectivity index (χ0) is 17.5. The summed E-state index contributed by atoms with van der Waals surface area (Å²) in [4.78, 5) is 8.76. The molecule has 0 spiro atoms. The lowest BCUT2D eigenvalue weighted by atomic mass is 10.0. The zero-order valence-corrected chi connectivity index (χ0v) is 14.7. The maximum absolute atomic E-state index is 9.41. The fourth-order valence-electron chi connectivity index (χ4n) is 2.27. The molecule has 3 N–H and O–H groups in total. The van der Waals surface area contributed by atoms with Crippen LogP contribution in [0.2, 0.25) is 0 Å². The van der Waals surface area contributed by atoms with E-state index in [1.807, 2.05) is 18.2 Å². The standard InChI is InChI=1S/C16H21N3O4S/c1-21-9-10-5-4-6-12(14(10)17)15(24-23-3)16-18-11(8-20)7-13(19-16)22-2/h4-7,15,20H,8-9,17H2,1-3H3. The van der Waals surface area contributed by atoms with Crippen LogP contribution < -0.4 is 10.5 Å². The van der Waals surface area contributed by atoms with Gasteiger partial charge in [-0.2, -0.15) is 4.98 Å². The Labute approximate surface area is 145 Å². The zero-order valence-electron chi connectivity index (χ0n) is 13.9. The van der Waals surface area contributed by atoms with Crippen LogP contribution in [0.3, 0.4) is 0 Å². The number of aliphatic hydroxyl groups excluding tert-OH is 1. The second-order valence-electron chi connectivity index (χ2n) is 4.91. The van der Waals surface area contributed by atoms with Crippen LogP contribution in [-0.2, 0) is 22.1 Å². The highest BCUT2D eigenvalue weighted by Crippen LogP contribution is 2.38. The van der Waals surface area contributed by atoms with E-state index >= 15 is 0 Å². The molecule has 130 valence electrons. The topological polar surface area (TPSA) is 99.7 Å². The average Bonchev–Trinajstić information content (AvgIpc) is 2.61. The highest BCUT2D eigenvalue weighted by Gasteiger charge is 2.23. The molecule has 0 aliphatic rings. The maximum Gasteiger partial charge on any atom is 0.216 e. The molecular formula is C16H21N3O4S. The summed E-state index contributed by atoms with van der Waals surface area (Å²) in [6.45, 7) is 0.195. The Morgan fingerprint density at radius 3 is 2.67 bits per heavy atom. The monoisotopic (exact) mass is 351 g/mol. The number of aromatic nitrogens is 2. The van der Waals surface area contributed by atoms with E-state index in [2.05, 4.69) is 9.97 Å². The van der Waals surface area contributed by atoms with Crippen LogP contribution >= 0.6 is 12.0 Å². The minimum Gasteiger partial charge on any atom is -0.481 e. The SMILES string of the molecule is COCc1cccc(C(SOC)c2nc(CO)cc(OC)n2)c1N. The summed E-state index contributed by atoms with van der Waals surface area (Å²) in [6, 6.07) is 7.29. The quantitative estimate of drug-likeness (QED) is 0.551. The molecule has 1 heterocycles. The van der Waals surface area contributed by atoms with E-state index in [-0.39, 0.29) is 11.9 Å². The Kier molecular flexibility index (Phi) is 6.80. The first kappa shape index (κ1) is 18.5. The molecule has 7 nitrogen and oxygen atoms in total. The van der Waals surface area contributed by atoms with Crippen molar-refractivity contribution in [2.45, 2.75) is 18.5 Å². The molecule has 0 radical (unpaired) electrons. The van der Waals surface area contributed by atoms with Crippen molar-refractivity contribution >= 4 is 17.7 Å². The van der Waals surface area contributed by atoms with Gasteiger partial charge in [0.15, 0.2) is 5.82 Å². The number of para-hydroxylation sites is 1. The van der Waals surface area contributed by atoms with Crippen LogP contribution in [0.15, 0.2) is 24.3 Å². The third-order valence-electron chi connectivity index (χ3n) is 3.38. The van der Waals surface area contributed by atoms with E-state index in [0.717, 1.165) is 11.1 Å². The van der Waals surface area contributed by atoms with Crippen molar-refractivity contribution < 1.29 is 18.8 Å². The molecule has 0 bridgehead atoms. The molecular weight excluding hydrogens is 330 g/mol. The first-order chi connectivity index (χ1) is 11.6. The minimum absolute atomic E-state index is 0.213. The molecule has 0 saturated heterocycles. The van der Waals surface area contributed by atoms with Crippen molar-refractivity contribution in [2.75, 3.05) is 27.1 Å². The highest BCUT2D eigenvalue weighted by atomic mass is 32.2. The summed E-state index contributed by atoms with van der Waals surface area (Å²) in [7, 11) is 4.70. The highest BCUT2D eigenvalue weighted by molar-refractivity contribution is 7.95. The van der Waals surface area contributed by atoms with Gasteiger partial charge < -0.3 is 24.5 Å². The largest absolute Gasteiger partial charge is 0.481 e. The average molecular weight is 351 g/mol. The van der Waals surface area contributed by atoms with Crippen molar-refractivity contribution in [2.24, 2.45) is 0 Å². The van der Waals surface area contributed by atoms with Gasteiger partial charge >= 0.3 is 0 Å². The summed E-state index contributed by atoms with van der Waals surface area (Å²) in [5, 5.41) is 9.04. The summed E-state index contributed by atoms with van der Waals surface area (Å²) in [5.41, 5.74) is 9.05. The van der Waals surface area contributed by atoms with Gasteiger partial charge in [-0.1, -0.05) is 18.2 Å². The Morgan fingerprint density at radius 2 is 2.04 bits per heavy atom.